The molecule has 0 bridgehead atoms. The number of hydrogen-bond donors (Lipinski definition) is 2. The van der Waals surface area contributed by atoms with Crippen molar-refractivity contribution in [2.75, 3.05) is 13.2 Å². The van der Waals surface area contributed by atoms with Crippen molar-refractivity contribution in [3.8, 4) is 56.4 Å². The fraction of sp³-hybridized carbons (Fsp3) is 0.419. The summed E-state index contributed by atoms with van der Waals surface area (Å²) >= 11 is 0. The number of rotatable bonds is 10. The van der Waals surface area contributed by atoms with E-state index in [-0.39, 0.29) is 11.3 Å². The van der Waals surface area contributed by atoms with Crippen LogP contribution >= 0.6 is 0 Å². The maximum Gasteiger partial charge on any atom is 0.131 e. The first-order valence-corrected chi connectivity index (χ1v) is 25.4. The molecule has 4 nitrogen and oxygen atoms in total. The third-order valence-corrected chi connectivity index (χ3v) is 15.2. The highest BCUT2D eigenvalue weighted by atomic mass is 16.5. The van der Waals surface area contributed by atoms with Crippen LogP contribution in [0, 0.1) is 25.2 Å². The first-order chi connectivity index (χ1) is 32.0. The molecule has 0 heterocycles. The molecule has 2 N–H and O–H groups in total. The van der Waals surface area contributed by atoms with Gasteiger partial charge >= 0.3 is 0 Å². The second kappa shape index (κ2) is 19.8. The molecular formula is C62H72O4. The summed E-state index contributed by atoms with van der Waals surface area (Å²) < 4.78 is 13.7. The van der Waals surface area contributed by atoms with Gasteiger partial charge in [-0.3, -0.25) is 0 Å². The Morgan fingerprint density at radius 2 is 1.05 bits per heavy atom. The highest BCUT2D eigenvalue weighted by Crippen LogP contribution is 2.50. The quantitative estimate of drug-likeness (QED) is 0.147. The molecule has 4 heteroatoms. The monoisotopic (exact) mass is 881 g/mol. The normalized spacial score (nSPS) is 18.1. The summed E-state index contributed by atoms with van der Waals surface area (Å²) in [7, 11) is 0. The van der Waals surface area contributed by atoms with E-state index in [9.17, 15) is 10.2 Å². The molecule has 4 aliphatic carbocycles. The van der Waals surface area contributed by atoms with Crippen molar-refractivity contribution in [1.29, 1.82) is 0 Å². The van der Waals surface area contributed by atoms with E-state index < -0.39 is 0 Å². The van der Waals surface area contributed by atoms with Gasteiger partial charge in [-0.05, 0) is 220 Å². The number of fused-ring (bicyclic) bond motifs is 3. The lowest BCUT2D eigenvalue weighted by molar-refractivity contribution is 0.0926. The topological polar surface area (TPSA) is 58.9 Å². The van der Waals surface area contributed by atoms with Crippen LogP contribution in [-0.2, 0) is 25.7 Å². The summed E-state index contributed by atoms with van der Waals surface area (Å²) in [6, 6.07) is 27.4. The van der Waals surface area contributed by atoms with Crippen molar-refractivity contribution >= 4 is 5.57 Å². The van der Waals surface area contributed by atoms with E-state index >= 15 is 0 Å². The molecule has 0 aromatic heterocycles. The number of ether oxygens (including phenoxy) is 2. The van der Waals surface area contributed by atoms with Gasteiger partial charge in [-0.1, -0.05) is 82.3 Å². The Balaban J connectivity index is 1.01. The minimum absolute atomic E-state index is 0.0130. The Kier molecular flexibility index (Phi) is 13.7. The first-order valence-electron chi connectivity index (χ1n) is 25.4. The van der Waals surface area contributed by atoms with E-state index in [1.54, 1.807) is 0 Å². The lowest BCUT2D eigenvalue weighted by Crippen LogP contribution is -2.32. The zero-order valence-electron chi connectivity index (χ0n) is 40.5. The lowest BCUT2D eigenvalue weighted by atomic mass is 9.76. The molecule has 0 amide bonds. The van der Waals surface area contributed by atoms with Gasteiger partial charge in [0, 0.05) is 39.3 Å². The Morgan fingerprint density at radius 3 is 1.65 bits per heavy atom. The minimum atomic E-state index is -0.151. The fourth-order valence-corrected chi connectivity index (χ4v) is 11.4. The van der Waals surface area contributed by atoms with Gasteiger partial charge in [0.25, 0.3) is 0 Å². The van der Waals surface area contributed by atoms with Gasteiger partial charge in [-0.2, -0.15) is 0 Å². The molecule has 0 aliphatic heterocycles. The van der Waals surface area contributed by atoms with Crippen molar-refractivity contribution in [2.24, 2.45) is 11.3 Å². The second-order valence-corrected chi connectivity index (χ2v) is 21.0. The lowest BCUT2D eigenvalue weighted by Gasteiger charge is -2.31. The van der Waals surface area contributed by atoms with E-state index in [4.69, 9.17) is 9.47 Å². The number of aromatic hydroxyl groups is 2. The standard InChI is InChI=1S/C62H72O4/c1-40-33-52(60(63)54(35-40)58-42(3)21-9-7-8-10-22-43-23-11-14-26-47(43)58)50-29-17-19-31-56(50)65-38-46(62(4,5)6)39-66-57-32-20-18-30-51(57)53-34-41(2)36-55(61(53)64)59-48-27-15-12-24-44(48)37-45-25-13-16-28-49(45)59/h17-20,22,29-37,46,63-64H,3,7-16,21,23-28,38-39H2,1-2,4-6H3/b43-22-,58-47?. The van der Waals surface area contributed by atoms with Gasteiger partial charge < -0.3 is 19.7 Å². The molecule has 1 saturated carbocycles. The van der Waals surface area contributed by atoms with Crippen LogP contribution < -0.4 is 9.47 Å². The van der Waals surface area contributed by atoms with Crippen LogP contribution in [0.1, 0.15) is 143 Å². The molecule has 9 rings (SSSR count). The largest absolute Gasteiger partial charge is 0.507 e. The maximum absolute atomic E-state index is 12.4. The smallest absolute Gasteiger partial charge is 0.131 e. The number of allylic oxidation sites excluding steroid dienone is 5. The summed E-state index contributed by atoms with van der Waals surface area (Å²) in [6.07, 6.45) is 21.8. The average Bonchev–Trinajstić information content (AvgIpc) is 3.31. The molecule has 4 aliphatic rings. The van der Waals surface area contributed by atoms with Crippen LogP contribution in [-0.4, -0.2) is 23.4 Å². The second-order valence-electron chi connectivity index (χ2n) is 21.0. The van der Waals surface area contributed by atoms with Crippen LogP contribution in [0.5, 0.6) is 23.0 Å². The molecular weight excluding hydrogens is 809 g/mol. The summed E-state index contributed by atoms with van der Waals surface area (Å²) in [5.74, 6) is 2.14. The Hall–Kier alpha value is -5.48. The van der Waals surface area contributed by atoms with E-state index in [0.29, 0.717) is 24.7 Å². The van der Waals surface area contributed by atoms with Crippen molar-refractivity contribution in [3.63, 3.8) is 0 Å². The fourth-order valence-electron chi connectivity index (χ4n) is 11.4. The number of phenols is 2. The third-order valence-electron chi connectivity index (χ3n) is 15.2. The molecule has 5 aromatic carbocycles. The highest BCUT2D eigenvalue weighted by molar-refractivity contribution is 5.91. The van der Waals surface area contributed by atoms with Crippen LogP contribution in [0.3, 0.4) is 0 Å². The van der Waals surface area contributed by atoms with Crippen LogP contribution in [0.15, 0.2) is 108 Å². The van der Waals surface area contributed by atoms with Crippen molar-refractivity contribution in [3.05, 3.63) is 147 Å². The summed E-state index contributed by atoms with van der Waals surface area (Å²) in [5.41, 5.74) is 19.6. The van der Waals surface area contributed by atoms with E-state index in [0.717, 1.165) is 131 Å². The first kappa shape index (κ1) is 45.7. The van der Waals surface area contributed by atoms with Crippen LogP contribution in [0.4, 0.5) is 0 Å². The van der Waals surface area contributed by atoms with Crippen LogP contribution in [0.25, 0.3) is 39.0 Å². The zero-order chi connectivity index (χ0) is 46.0. The number of para-hydroxylation sites is 2. The highest BCUT2D eigenvalue weighted by Gasteiger charge is 2.30. The molecule has 1 unspecified atom stereocenters. The van der Waals surface area contributed by atoms with Crippen molar-refractivity contribution in [2.45, 2.75) is 144 Å². The molecule has 0 spiro atoms. The molecule has 1 atom stereocenters. The summed E-state index contributed by atoms with van der Waals surface area (Å²) in [5, 5.41) is 24.8. The minimum Gasteiger partial charge on any atom is -0.507 e. The predicted octanol–water partition coefficient (Wildman–Crippen LogP) is 16.4. The molecule has 5 aromatic rings. The van der Waals surface area contributed by atoms with Crippen molar-refractivity contribution in [1.82, 2.24) is 0 Å². The zero-order valence-corrected chi connectivity index (χ0v) is 40.5. The molecule has 0 saturated heterocycles. The number of benzene rings is 5. The molecule has 1 fully saturated rings. The van der Waals surface area contributed by atoms with Crippen LogP contribution in [0.2, 0.25) is 0 Å². The predicted molar refractivity (Wildman–Crippen MR) is 275 cm³/mol. The number of phenolic OH excluding ortho intramolecular Hbond substituents is 2. The number of hydrogen-bond acceptors (Lipinski definition) is 4. The van der Waals surface area contributed by atoms with E-state index in [1.165, 1.54) is 83.9 Å². The summed E-state index contributed by atoms with van der Waals surface area (Å²) in [4.78, 5) is 0. The van der Waals surface area contributed by atoms with Gasteiger partial charge in [-0.25, -0.2) is 0 Å². The van der Waals surface area contributed by atoms with Gasteiger partial charge in [0.05, 0.1) is 13.2 Å². The third kappa shape index (κ3) is 9.53. The van der Waals surface area contributed by atoms with E-state index in [2.05, 4.69) is 89.7 Å². The van der Waals surface area contributed by atoms with Gasteiger partial charge in [-0.15, -0.1) is 0 Å². The average molecular weight is 881 g/mol. The molecule has 0 radical (unpaired) electrons. The Labute approximate surface area is 395 Å². The maximum atomic E-state index is 12.4. The van der Waals surface area contributed by atoms with Crippen molar-refractivity contribution < 1.29 is 19.7 Å². The van der Waals surface area contributed by atoms with Gasteiger partial charge in [0.1, 0.15) is 23.0 Å². The van der Waals surface area contributed by atoms with Gasteiger partial charge in [0.2, 0.25) is 0 Å². The Morgan fingerprint density at radius 1 is 0.545 bits per heavy atom. The molecule has 344 valence electrons. The molecule has 66 heavy (non-hydrogen) atoms. The SMILES string of the molecule is C=C1CCCCC/C=C2/CCCCC2=C1c1cc(C)cc(-c2ccccc2OCC(COc2ccccc2-c2cc(C)cc(-c3c4c(cc5c3CCCC5)CCCC4)c2O)C(C)(C)C)c1O. The summed E-state index contributed by atoms with van der Waals surface area (Å²) in [6.45, 7) is 16.5. The van der Waals surface area contributed by atoms with E-state index in [1.807, 2.05) is 36.4 Å². The van der Waals surface area contributed by atoms with Gasteiger partial charge in [0.15, 0.2) is 0 Å². The number of aryl methyl sites for hydroxylation is 4. The Bertz CT molecular complexity index is 2650.